The van der Waals surface area contributed by atoms with Crippen LogP contribution < -0.4 is 9.32 Å². The van der Waals surface area contributed by atoms with Gasteiger partial charge in [0.25, 0.3) is 0 Å². The Labute approximate surface area is 80.2 Å². The molecule has 7 heteroatoms. The molecule has 1 aromatic carbocycles. The summed E-state index contributed by atoms with van der Waals surface area (Å²) in [4.78, 5) is 10.6. The summed E-state index contributed by atoms with van der Waals surface area (Å²) >= 11 is 0. The highest BCUT2D eigenvalue weighted by Crippen LogP contribution is 2.18. The van der Waals surface area contributed by atoms with Gasteiger partial charge in [-0.3, -0.25) is 0 Å². The number of carbonyl (C=O) groups is 1. The van der Waals surface area contributed by atoms with Crippen molar-refractivity contribution in [2.75, 3.05) is 0 Å². The molecule has 0 heterocycles. The third-order valence-electron chi connectivity index (χ3n) is 1.32. The Morgan fingerprint density at radius 1 is 1.36 bits per heavy atom. The SMILES string of the molecule is NS(=O)(=O)Oc1ccccc1C(=O)O. The largest absolute Gasteiger partial charge is 0.478 e. The summed E-state index contributed by atoms with van der Waals surface area (Å²) in [5.74, 6) is -1.59. The fourth-order valence-electron chi connectivity index (χ4n) is 0.841. The summed E-state index contributed by atoms with van der Waals surface area (Å²) < 4.78 is 25.3. The maximum atomic E-state index is 10.6. The molecule has 0 unspecified atom stereocenters. The highest BCUT2D eigenvalue weighted by Gasteiger charge is 2.14. The predicted octanol–water partition coefficient (Wildman–Crippen LogP) is -0.0329. The van der Waals surface area contributed by atoms with E-state index in [9.17, 15) is 13.2 Å². The Kier molecular flexibility index (Phi) is 2.73. The zero-order chi connectivity index (χ0) is 10.8. The fraction of sp³-hybridized carbons (Fsp3) is 0. The molecule has 1 rings (SSSR count). The van der Waals surface area contributed by atoms with Gasteiger partial charge in [0.15, 0.2) is 5.75 Å². The van der Waals surface area contributed by atoms with Crippen LogP contribution in [0, 0.1) is 0 Å². The number of para-hydroxylation sites is 1. The molecule has 0 atom stereocenters. The van der Waals surface area contributed by atoms with Crippen LogP contribution in [-0.4, -0.2) is 19.5 Å². The lowest BCUT2D eigenvalue weighted by atomic mass is 10.2. The van der Waals surface area contributed by atoms with E-state index in [4.69, 9.17) is 5.11 Å². The highest BCUT2D eigenvalue weighted by atomic mass is 32.2. The fourth-order valence-corrected chi connectivity index (χ4v) is 1.24. The van der Waals surface area contributed by atoms with Gasteiger partial charge in [-0.1, -0.05) is 12.1 Å². The van der Waals surface area contributed by atoms with Gasteiger partial charge < -0.3 is 9.29 Å². The Morgan fingerprint density at radius 3 is 2.43 bits per heavy atom. The molecule has 1 aromatic rings. The van der Waals surface area contributed by atoms with E-state index in [1.807, 2.05) is 0 Å². The first-order valence-corrected chi connectivity index (χ1v) is 4.92. The van der Waals surface area contributed by atoms with Crippen LogP contribution in [0.15, 0.2) is 24.3 Å². The number of nitrogens with two attached hydrogens (primary N) is 1. The van der Waals surface area contributed by atoms with Crippen molar-refractivity contribution >= 4 is 16.3 Å². The number of rotatable bonds is 3. The molecule has 0 saturated heterocycles. The van der Waals surface area contributed by atoms with Crippen LogP contribution >= 0.6 is 0 Å². The standard InChI is InChI=1S/C7H7NO5S/c8-14(11,12)13-6-4-2-1-3-5(6)7(9)10/h1-4H,(H,9,10)(H2,8,11,12). The second kappa shape index (κ2) is 3.64. The van der Waals surface area contributed by atoms with Crippen molar-refractivity contribution in [3.63, 3.8) is 0 Å². The Morgan fingerprint density at radius 2 is 1.93 bits per heavy atom. The topological polar surface area (TPSA) is 107 Å². The molecule has 0 fully saturated rings. The van der Waals surface area contributed by atoms with Gasteiger partial charge >= 0.3 is 16.3 Å². The molecule has 0 bridgehead atoms. The molecule has 0 spiro atoms. The van der Waals surface area contributed by atoms with E-state index in [1.165, 1.54) is 24.3 Å². The van der Waals surface area contributed by atoms with Crippen molar-refractivity contribution in [3.05, 3.63) is 29.8 Å². The van der Waals surface area contributed by atoms with Crippen LogP contribution in [0.1, 0.15) is 10.4 Å². The Balaban J connectivity index is 3.15. The molecule has 0 aliphatic carbocycles. The van der Waals surface area contributed by atoms with E-state index in [1.54, 1.807) is 0 Å². The molecule has 3 N–H and O–H groups in total. The van der Waals surface area contributed by atoms with Gasteiger partial charge in [0.2, 0.25) is 0 Å². The van der Waals surface area contributed by atoms with Crippen LogP contribution in [0.4, 0.5) is 0 Å². The van der Waals surface area contributed by atoms with Gasteiger partial charge in [0, 0.05) is 0 Å². The molecule has 0 aliphatic rings. The molecule has 0 saturated carbocycles. The molecule has 0 aromatic heterocycles. The molecule has 0 amide bonds. The predicted molar refractivity (Wildman–Crippen MR) is 47.1 cm³/mol. The lowest BCUT2D eigenvalue weighted by Crippen LogP contribution is -2.20. The Bertz CT molecular complexity index is 453. The minimum Gasteiger partial charge on any atom is -0.478 e. The number of carboxylic acid groups (broad SMARTS) is 1. The monoisotopic (exact) mass is 217 g/mol. The maximum absolute atomic E-state index is 10.6. The van der Waals surface area contributed by atoms with E-state index in [2.05, 4.69) is 9.32 Å². The first kappa shape index (κ1) is 10.5. The van der Waals surface area contributed by atoms with E-state index < -0.39 is 16.3 Å². The van der Waals surface area contributed by atoms with Crippen molar-refractivity contribution in [1.29, 1.82) is 0 Å². The van der Waals surface area contributed by atoms with Crippen LogP contribution in [0.2, 0.25) is 0 Å². The summed E-state index contributed by atoms with van der Waals surface area (Å²) in [6.07, 6.45) is 0. The van der Waals surface area contributed by atoms with Crippen LogP contribution in [0.5, 0.6) is 5.75 Å². The summed E-state index contributed by atoms with van der Waals surface area (Å²) in [6, 6.07) is 5.29. The minimum absolute atomic E-state index is 0.262. The molecular weight excluding hydrogens is 210 g/mol. The van der Waals surface area contributed by atoms with Crippen LogP contribution in [0.25, 0.3) is 0 Å². The third kappa shape index (κ3) is 2.71. The molecular formula is C7H7NO5S. The van der Waals surface area contributed by atoms with Crippen LogP contribution in [0.3, 0.4) is 0 Å². The van der Waals surface area contributed by atoms with Crippen molar-refractivity contribution in [1.82, 2.24) is 0 Å². The summed E-state index contributed by atoms with van der Waals surface area (Å²) in [7, 11) is -4.20. The average molecular weight is 217 g/mol. The van der Waals surface area contributed by atoms with E-state index in [0.29, 0.717) is 0 Å². The van der Waals surface area contributed by atoms with E-state index in [-0.39, 0.29) is 11.3 Å². The average Bonchev–Trinajstić information content (AvgIpc) is 2.01. The van der Waals surface area contributed by atoms with E-state index >= 15 is 0 Å². The number of aromatic carboxylic acids is 1. The van der Waals surface area contributed by atoms with Gasteiger partial charge in [-0.05, 0) is 12.1 Å². The first-order chi connectivity index (χ1) is 6.40. The normalized spacial score (nSPS) is 10.9. The number of benzene rings is 1. The molecule has 14 heavy (non-hydrogen) atoms. The molecule has 0 radical (unpaired) electrons. The van der Waals surface area contributed by atoms with Gasteiger partial charge in [-0.15, -0.1) is 0 Å². The van der Waals surface area contributed by atoms with Gasteiger partial charge in [0.1, 0.15) is 5.56 Å². The van der Waals surface area contributed by atoms with Crippen molar-refractivity contribution in [3.8, 4) is 5.75 Å². The Hall–Kier alpha value is -1.60. The second-order valence-corrected chi connectivity index (χ2v) is 3.53. The third-order valence-corrected chi connectivity index (χ3v) is 1.74. The highest BCUT2D eigenvalue weighted by molar-refractivity contribution is 7.84. The zero-order valence-corrected chi connectivity index (χ0v) is 7.69. The summed E-state index contributed by atoms with van der Waals surface area (Å²) in [6.45, 7) is 0. The number of carboxylic acids is 1. The van der Waals surface area contributed by atoms with Crippen molar-refractivity contribution in [2.24, 2.45) is 5.14 Å². The zero-order valence-electron chi connectivity index (χ0n) is 6.88. The summed E-state index contributed by atoms with van der Waals surface area (Å²) in [5, 5.41) is 13.2. The molecule has 0 aliphatic heterocycles. The quantitative estimate of drug-likeness (QED) is 0.739. The number of hydrogen-bond acceptors (Lipinski definition) is 4. The van der Waals surface area contributed by atoms with Gasteiger partial charge in [-0.25, -0.2) is 4.79 Å². The maximum Gasteiger partial charge on any atom is 0.380 e. The second-order valence-electron chi connectivity index (χ2n) is 2.38. The summed E-state index contributed by atoms with van der Waals surface area (Å²) in [5.41, 5.74) is -0.262. The smallest absolute Gasteiger partial charge is 0.380 e. The number of hydrogen-bond donors (Lipinski definition) is 2. The van der Waals surface area contributed by atoms with Gasteiger partial charge in [-0.2, -0.15) is 13.6 Å². The van der Waals surface area contributed by atoms with Crippen molar-refractivity contribution < 1.29 is 22.5 Å². The van der Waals surface area contributed by atoms with Crippen LogP contribution in [-0.2, 0) is 10.3 Å². The minimum atomic E-state index is -4.20. The lowest BCUT2D eigenvalue weighted by Gasteiger charge is -2.04. The molecule has 6 nitrogen and oxygen atoms in total. The molecule has 76 valence electrons. The van der Waals surface area contributed by atoms with Gasteiger partial charge in [0.05, 0.1) is 0 Å². The van der Waals surface area contributed by atoms with E-state index in [0.717, 1.165) is 0 Å². The van der Waals surface area contributed by atoms with Crippen molar-refractivity contribution in [2.45, 2.75) is 0 Å². The first-order valence-electron chi connectivity index (χ1n) is 3.44. The lowest BCUT2D eigenvalue weighted by molar-refractivity contribution is 0.0695.